The zero-order valence-electron chi connectivity index (χ0n) is 37.2. The summed E-state index contributed by atoms with van der Waals surface area (Å²) in [5.74, 6) is -0.255. The second kappa shape index (κ2) is 24.2. The van der Waals surface area contributed by atoms with Gasteiger partial charge in [-0.25, -0.2) is 0 Å². The van der Waals surface area contributed by atoms with Crippen LogP contribution in [-0.2, 0) is 49.5 Å². The fourth-order valence-electron chi connectivity index (χ4n) is 8.03. The van der Waals surface area contributed by atoms with E-state index >= 15 is 0 Å². The Morgan fingerprint density at radius 3 is 2.35 bits per heavy atom. The first-order valence-corrected chi connectivity index (χ1v) is 22.8. The lowest BCUT2D eigenvalue weighted by Crippen LogP contribution is -2.30. The first-order valence-electron chi connectivity index (χ1n) is 21.3. The third kappa shape index (κ3) is 13.7. The molecule has 2 aliphatic heterocycles. The molecule has 338 valence electrons. The zero-order chi connectivity index (χ0) is 45.2. The maximum Gasteiger partial charge on any atom is 0.294 e. The van der Waals surface area contributed by atoms with Crippen molar-refractivity contribution in [3.63, 3.8) is 0 Å². The van der Waals surface area contributed by atoms with Crippen LogP contribution in [0.15, 0.2) is 82.5 Å². The number of methoxy groups -OCH3 is 2. The Labute approximate surface area is 367 Å². The van der Waals surface area contributed by atoms with Crippen LogP contribution in [0.4, 0.5) is 11.4 Å². The van der Waals surface area contributed by atoms with Crippen molar-refractivity contribution in [2.24, 2.45) is 5.11 Å². The molecule has 0 saturated heterocycles. The van der Waals surface area contributed by atoms with Gasteiger partial charge in [-0.1, -0.05) is 41.4 Å². The van der Waals surface area contributed by atoms with E-state index in [1.165, 1.54) is 22.9 Å². The minimum Gasteiger partial charge on any atom is -0.382 e. The van der Waals surface area contributed by atoms with E-state index in [4.69, 9.17) is 24.5 Å². The second-order valence-corrected chi connectivity index (χ2v) is 17.7. The van der Waals surface area contributed by atoms with Crippen LogP contribution in [0.3, 0.4) is 0 Å². The molecule has 1 unspecified atom stereocenters. The summed E-state index contributed by atoms with van der Waals surface area (Å²) in [6.45, 7) is 13.0. The Balaban J connectivity index is 1.58. The number of anilines is 1. The summed E-state index contributed by atoms with van der Waals surface area (Å²) >= 11 is 0. The lowest BCUT2D eigenvalue weighted by molar-refractivity contribution is -0.442. The maximum atomic E-state index is 12.5. The van der Waals surface area contributed by atoms with Crippen molar-refractivity contribution in [3.05, 3.63) is 99.6 Å². The predicted octanol–water partition coefficient (Wildman–Crippen LogP) is 7.44. The van der Waals surface area contributed by atoms with E-state index in [2.05, 4.69) is 82.9 Å². The molecule has 0 aliphatic carbocycles. The van der Waals surface area contributed by atoms with E-state index in [1.54, 1.807) is 26.4 Å². The maximum absolute atomic E-state index is 12.5. The van der Waals surface area contributed by atoms with E-state index in [-0.39, 0.29) is 35.0 Å². The smallest absolute Gasteiger partial charge is 0.294 e. The molecule has 2 N–H and O–H groups in total. The molecule has 2 aromatic carbocycles. The van der Waals surface area contributed by atoms with Crippen molar-refractivity contribution < 1.29 is 46.1 Å². The van der Waals surface area contributed by atoms with E-state index in [9.17, 15) is 22.6 Å². The molecule has 4 rings (SSSR count). The minimum absolute atomic E-state index is 0.0896. The van der Waals surface area contributed by atoms with Gasteiger partial charge in [0.25, 0.3) is 10.1 Å². The number of nitrogens with zero attached hydrogens (tertiary/aromatic N) is 5. The molecule has 1 amide bonds. The van der Waals surface area contributed by atoms with Crippen molar-refractivity contribution >= 4 is 38.9 Å². The van der Waals surface area contributed by atoms with Gasteiger partial charge >= 0.3 is 0 Å². The number of aryl methyl sites for hydroxylation is 1. The number of azide groups is 1. The van der Waals surface area contributed by atoms with E-state index in [1.807, 2.05) is 18.2 Å². The number of carbonyl (C=O) groups is 2. The molecule has 2 aliphatic rings. The fourth-order valence-corrected chi connectivity index (χ4v) is 8.53. The van der Waals surface area contributed by atoms with Gasteiger partial charge in [0.1, 0.15) is 12.4 Å². The van der Waals surface area contributed by atoms with Crippen molar-refractivity contribution in [3.8, 4) is 0 Å². The first-order chi connectivity index (χ1) is 29.7. The highest BCUT2D eigenvalue weighted by Crippen LogP contribution is 2.51. The van der Waals surface area contributed by atoms with Gasteiger partial charge in [0.15, 0.2) is 12.3 Å². The van der Waals surface area contributed by atoms with Gasteiger partial charge in [0.05, 0.1) is 43.3 Å². The zero-order valence-corrected chi connectivity index (χ0v) is 38.0. The van der Waals surface area contributed by atoms with Crippen molar-refractivity contribution in [2.75, 3.05) is 84.9 Å². The van der Waals surface area contributed by atoms with Crippen molar-refractivity contribution in [1.82, 2.24) is 5.32 Å². The van der Waals surface area contributed by atoms with Gasteiger partial charge < -0.3 is 29.2 Å². The van der Waals surface area contributed by atoms with Gasteiger partial charge in [-0.15, -0.1) is 0 Å². The molecule has 0 radical (unpaired) electrons. The molecule has 0 saturated carbocycles. The quantitative estimate of drug-likeness (QED) is 0.0165. The molecular weight excluding hydrogens is 813 g/mol. The summed E-state index contributed by atoms with van der Waals surface area (Å²) in [5.41, 5.74) is 14.8. The summed E-state index contributed by atoms with van der Waals surface area (Å²) in [6.07, 6.45) is 14.0. The van der Waals surface area contributed by atoms with Crippen molar-refractivity contribution in [1.29, 1.82) is 0 Å². The van der Waals surface area contributed by atoms with Crippen LogP contribution in [0, 0.1) is 6.92 Å². The van der Waals surface area contributed by atoms with Crippen LogP contribution in [0.1, 0.15) is 82.4 Å². The monoisotopic (exact) mass is 877 g/mol. The fraction of sp³-hybridized carbons (Fsp3) is 0.543. The predicted molar refractivity (Wildman–Crippen MR) is 241 cm³/mol. The van der Waals surface area contributed by atoms with Crippen LogP contribution >= 0.6 is 0 Å². The number of allylic oxidation sites excluding steroid dienone is 6. The molecule has 2 aromatic rings. The molecule has 62 heavy (non-hydrogen) atoms. The van der Waals surface area contributed by atoms with Crippen LogP contribution in [0.2, 0.25) is 0 Å². The summed E-state index contributed by atoms with van der Waals surface area (Å²) in [6, 6.07) is 11.3. The van der Waals surface area contributed by atoms with Gasteiger partial charge in [-0.2, -0.15) is 13.0 Å². The Morgan fingerprint density at radius 2 is 1.65 bits per heavy atom. The second-order valence-electron chi connectivity index (χ2n) is 16.3. The summed E-state index contributed by atoms with van der Waals surface area (Å²) in [7, 11) is -1.19. The normalized spacial score (nSPS) is 17.6. The average Bonchev–Trinajstić information content (AvgIpc) is 3.59. The van der Waals surface area contributed by atoms with Crippen LogP contribution < -0.4 is 10.2 Å². The Kier molecular flexibility index (Phi) is 19.5. The van der Waals surface area contributed by atoms with E-state index < -0.39 is 15.5 Å². The number of unbranched alkanes of at least 4 members (excludes halogenated alkanes) is 2. The Bertz CT molecular complexity index is 2140. The van der Waals surface area contributed by atoms with Crippen LogP contribution in [0.5, 0.6) is 0 Å². The largest absolute Gasteiger partial charge is 0.382 e. The van der Waals surface area contributed by atoms with Gasteiger partial charge in [0, 0.05) is 86.2 Å². The molecular formula is C46H65N6O9S+. The number of amides is 1. The third-order valence-corrected chi connectivity index (χ3v) is 12.3. The van der Waals surface area contributed by atoms with Crippen molar-refractivity contribution in [2.45, 2.75) is 88.4 Å². The minimum atomic E-state index is -4.47. The number of benzene rings is 2. The van der Waals surface area contributed by atoms with E-state index in [0.717, 1.165) is 35.5 Å². The van der Waals surface area contributed by atoms with Crippen LogP contribution in [0.25, 0.3) is 10.4 Å². The average molecular weight is 878 g/mol. The number of hydrogen-bond donors (Lipinski definition) is 2. The summed E-state index contributed by atoms with van der Waals surface area (Å²) in [4.78, 5) is 28.9. The topological polar surface area (TPSA) is 192 Å². The molecule has 0 aromatic heterocycles. The van der Waals surface area contributed by atoms with Crippen LogP contribution in [-0.4, -0.2) is 115 Å². The molecule has 16 heteroatoms. The lowest BCUT2D eigenvalue weighted by atomic mass is 9.78. The first kappa shape index (κ1) is 50.0. The Morgan fingerprint density at radius 1 is 0.903 bits per heavy atom. The van der Waals surface area contributed by atoms with Gasteiger partial charge in [0.2, 0.25) is 11.6 Å². The number of carbonyl (C=O) groups excluding carboxylic acids is 2. The number of nitrogens with one attached hydrogen (secondary N) is 1. The number of hydrogen-bond acceptors (Lipinski definition) is 10. The highest BCUT2D eigenvalue weighted by atomic mass is 32.2. The lowest BCUT2D eigenvalue weighted by Gasteiger charge is -2.30. The highest BCUT2D eigenvalue weighted by molar-refractivity contribution is 7.85. The molecule has 0 fully saturated rings. The number of Topliss-reactive ketones (excluding diaryl/α,β-unsaturated/α-hetero) is 1. The molecule has 1 atom stereocenters. The number of ketones is 1. The summed E-state index contributed by atoms with van der Waals surface area (Å²) < 4.78 is 59.3. The Hall–Kier alpha value is -4.67. The molecule has 0 bridgehead atoms. The summed E-state index contributed by atoms with van der Waals surface area (Å²) in [5, 5.41) is 6.13. The third-order valence-electron chi connectivity index (χ3n) is 11.4. The molecule has 2 heterocycles. The van der Waals surface area contributed by atoms with Gasteiger partial charge in [-0.05, 0) is 94.8 Å². The molecule has 0 spiro atoms. The standard InChI is InChI=1S/C46H64N6O9S/c1-35-18-20-40-38(32-35)45(2,3)42(52(40)25-27-61-31-29-59-6)15-9-7-10-16-43-46(4,22-26-60-30-28-58-5)39-33-37(62(55,56)57)19-21-41(39)51(43)24-12-8-11-17-44(54)48-23-13-14-36(53)34-49-50-47/h7,9-10,15-16,18-21,32-33H,8,11-14,17,22-31,34H2,1-6H3,(H-,48,54,55,56,57)/p+1. The number of ether oxygens (including phenoxy) is 4. The number of rotatable bonds is 28. The SMILES string of the molecule is COCCOCC[N+]1=C(/C=C/C=C/C=C2/N(CCCCCC(=O)NCCCC(=O)CN=[N+]=[N-])c3ccc(S(=O)(=O)O)cc3C2(C)CCOCCOC)C(C)(C)c2cc(C)ccc21. The van der Waals surface area contributed by atoms with E-state index in [0.29, 0.717) is 85.0 Å². The highest BCUT2D eigenvalue weighted by Gasteiger charge is 2.45. The number of fused-ring (bicyclic) bond motifs is 2. The van der Waals surface area contributed by atoms with Gasteiger partial charge in [-0.3, -0.25) is 14.1 Å². The molecule has 15 nitrogen and oxygen atoms in total.